The van der Waals surface area contributed by atoms with Crippen molar-refractivity contribution in [1.82, 2.24) is 9.80 Å². The molecule has 3 rings (SSSR count). The molecule has 49 heteroatoms. The maximum absolute atomic E-state index is 13.0. The van der Waals surface area contributed by atoms with Crippen LogP contribution >= 0.6 is 337 Å². The summed E-state index contributed by atoms with van der Waals surface area (Å²) in [4.78, 5) is 29.6. The van der Waals surface area contributed by atoms with Crippen LogP contribution in [0.1, 0.15) is 124 Å². The summed E-state index contributed by atoms with van der Waals surface area (Å²) in [5, 5.41) is 9.05. The van der Waals surface area contributed by atoms with Crippen LogP contribution in [0, 0.1) is 11.8 Å². The van der Waals surface area contributed by atoms with E-state index < -0.39 is 8.32 Å². The van der Waals surface area contributed by atoms with E-state index >= 15 is 0 Å². The number of carbonyl (C=O) groups excluding carboxylic acids is 2. The van der Waals surface area contributed by atoms with Gasteiger partial charge in [-0.2, -0.15) is 0 Å². The first-order valence-electron chi connectivity index (χ1n) is 32.4. The second-order valence-electron chi connectivity index (χ2n) is 24.9. The van der Waals surface area contributed by atoms with E-state index in [9.17, 15) is 9.59 Å². The average molecular weight is 2260 g/mol. The van der Waals surface area contributed by atoms with E-state index in [1.54, 1.807) is 0 Å². The van der Waals surface area contributed by atoms with Crippen molar-refractivity contribution >= 4 is 357 Å². The van der Waals surface area contributed by atoms with E-state index in [0.29, 0.717) is 39.3 Å². The molecule has 2 aromatic rings. The predicted molar refractivity (Wildman–Crippen MR) is 609 cm³/mol. The number of aliphatic hydroxyl groups excluding tert-OH is 1. The number of hydrogen-bond donors (Lipinski definition) is 1. The van der Waals surface area contributed by atoms with E-state index in [4.69, 9.17) is 19.0 Å². The molecule has 2 aromatic carbocycles. The third kappa shape index (κ3) is 49.2. The van der Waals surface area contributed by atoms with Gasteiger partial charge < -0.3 is 28.8 Å². The summed E-state index contributed by atoms with van der Waals surface area (Å²) in [6, 6.07) is 20.4. The average Bonchev–Trinajstić information content (AvgIpc) is 0.822. The molecule has 0 aromatic heterocycles. The maximum Gasteiger partial charge on any atom is 0.222 e. The van der Waals surface area contributed by atoms with Gasteiger partial charge in [-0.1, -0.05) is 193 Å². The zero-order valence-electron chi connectivity index (χ0n) is 61.7. The number of rotatable bonds is 37. The highest BCUT2D eigenvalue weighted by atomic mass is 127. The van der Waals surface area contributed by atoms with Crippen molar-refractivity contribution in [3.63, 3.8) is 0 Å². The Morgan fingerprint density at radius 3 is 1.50 bits per heavy atom. The highest BCUT2D eigenvalue weighted by molar-refractivity contribution is 14.1. The van der Waals surface area contributed by atoms with E-state index in [0.717, 1.165) is 70.5 Å². The molecule has 1 heterocycles. The van der Waals surface area contributed by atoms with E-state index in [-0.39, 0.29) is 172 Å². The second-order valence-corrected chi connectivity index (χ2v) is 182. The van der Waals surface area contributed by atoms with Crippen LogP contribution < -0.4 is 0 Å². The maximum atomic E-state index is 13.0. The van der Waals surface area contributed by atoms with Gasteiger partial charge in [-0.25, -0.2) is 0 Å². The Bertz CT molecular complexity index is 2640. The van der Waals surface area contributed by atoms with E-state index in [1.807, 2.05) is 64.4 Å². The summed E-state index contributed by atoms with van der Waals surface area (Å²) in [7, 11) is 69.2. The number of carbonyl (C=O) groups is 2. The Labute approximate surface area is 712 Å². The largest absolute Gasteiger partial charge is 0.411 e. The molecule has 1 N–H and O–H groups in total. The summed E-state index contributed by atoms with van der Waals surface area (Å²) in [6.45, 7) is 24.1. The number of benzene rings is 2. The standard InChI is InChI=1S/C30H49NO3Si.C24H36INO3.H22P20.H21P19/c1-24-19-20-27(34-35(7,8)30(3,4)5)17-13-10-14-18-28(32)31(6)29(24)25(2)21-22-33-23-26-15-11-9-12-16-26;1-20(14-16-25)24(26(3)23(28)13-9-4-5-10-17-27)21(2)15-18-29-19-22-11-7-6-8-12-22;1-12(2)17(11)20(18(13(3)4)14(5)6)19(15(7)8)16(9)10;1-11-16(10)19(17(12(2)3)13(4)5)18(14(6)7)15(8)9/h9,11-12,15-16,19-21,24,27,29H,10,13-14,17-18,22-23H2,1-8H3;6-8,11-12,14-16,20,24,27H,4-5,9-10,13,17-19H2,1-3H3;1-11H2;11H,1-10H2/b20-19+,25-21+;16-14+,21-15+;;/t24-,27?,29?;20-,24?;;/m00../s1. The second kappa shape index (κ2) is 67.2. The molecule has 27 unspecified atom stereocenters. The molecule has 1 aliphatic rings. The van der Waals surface area contributed by atoms with Crippen LogP contribution in [-0.2, 0) is 36.7 Å². The molecule has 0 saturated carbocycles. The van der Waals surface area contributed by atoms with Gasteiger partial charge in [-0.3, -0.25) is 9.59 Å². The molecule has 0 spiro atoms. The van der Waals surface area contributed by atoms with Crippen LogP contribution in [0.15, 0.2) is 106 Å². The molecule has 103 heavy (non-hydrogen) atoms. The van der Waals surface area contributed by atoms with Crippen LogP contribution in [0.5, 0.6) is 0 Å². The molecule has 1 aliphatic heterocycles. The molecule has 0 radical (unpaired) electrons. The third-order valence-corrected chi connectivity index (χ3v) is 264. The van der Waals surface area contributed by atoms with Gasteiger partial charge >= 0.3 is 0 Å². The van der Waals surface area contributed by atoms with Crippen LogP contribution in [0.3, 0.4) is 0 Å². The number of hydrogen-bond acceptors (Lipinski definition) is 6. The molecule has 8 nitrogen and oxygen atoms in total. The molecule has 2 amide bonds. The van der Waals surface area contributed by atoms with E-state index in [1.165, 1.54) is 11.1 Å². The molecule has 596 valence electrons. The smallest absolute Gasteiger partial charge is 0.222 e. The molecular formula is C54H128IN2O6P39Si. The zero-order chi connectivity index (χ0) is 79.1. The number of amides is 2. The molecule has 0 bridgehead atoms. The van der Waals surface area contributed by atoms with Crippen molar-refractivity contribution in [2.24, 2.45) is 11.8 Å². The topological polar surface area (TPSA) is 88.5 Å². The van der Waals surface area contributed by atoms with Crippen LogP contribution in [0.4, 0.5) is 0 Å². The Kier molecular flexibility index (Phi) is 76.3. The lowest BCUT2D eigenvalue weighted by atomic mass is 9.91. The quantitative estimate of drug-likeness (QED) is 0.0238. The minimum atomic E-state index is -1.86. The number of nitrogens with zero attached hydrogens (tertiary/aromatic N) is 2. The van der Waals surface area contributed by atoms with Crippen molar-refractivity contribution in [2.45, 2.75) is 162 Å². The first-order valence-corrected chi connectivity index (χ1v) is 106. The van der Waals surface area contributed by atoms with Crippen molar-refractivity contribution in [3.05, 3.63) is 117 Å². The van der Waals surface area contributed by atoms with Crippen LogP contribution in [0.25, 0.3) is 0 Å². The summed E-state index contributed by atoms with van der Waals surface area (Å²) in [5.41, 5.74) is 4.65. The third-order valence-electron chi connectivity index (χ3n) is 15.8. The fraction of sp³-hybridized carbons (Fsp3) is 0.593. The van der Waals surface area contributed by atoms with Crippen LogP contribution in [0.2, 0.25) is 18.1 Å². The van der Waals surface area contributed by atoms with Crippen molar-refractivity contribution in [2.75, 3.05) is 33.9 Å². The van der Waals surface area contributed by atoms with Crippen molar-refractivity contribution in [3.8, 4) is 0 Å². The summed E-state index contributed by atoms with van der Waals surface area (Å²) in [5.74, 6) is 0.799. The van der Waals surface area contributed by atoms with Crippen molar-refractivity contribution < 1.29 is 28.6 Å². The summed E-state index contributed by atoms with van der Waals surface area (Å²) in [6.07, 6.45) is 20.0. The number of ether oxygens (including phenoxy) is 2. The van der Waals surface area contributed by atoms with Gasteiger partial charge in [-0.15, -0.1) is 187 Å². The van der Waals surface area contributed by atoms with Gasteiger partial charge in [0.1, 0.15) is 0 Å². The summed E-state index contributed by atoms with van der Waals surface area (Å²) >= 11 is 2.23. The predicted octanol–water partition coefficient (Wildman–Crippen LogP) is 35.1. The van der Waals surface area contributed by atoms with Gasteiger partial charge in [0.25, 0.3) is 0 Å². The number of likely N-dealkylation sites (N-methyl/N-ethyl adjacent to an activating group) is 2. The first kappa shape index (κ1) is 117. The van der Waals surface area contributed by atoms with Gasteiger partial charge in [0.15, 0.2) is 8.32 Å². The lowest BCUT2D eigenvalue weighted by Crippen LogP contribution is -2.44. The van der Waals surface area contributed by atoms with Gasteiger partial charge in [0.05, 0.1) is 44.6 Å². The summed E-state index contributed by atoms with van der Waals surface area (Å²) < 4.78 is 20.5. The SMILES string of the molecule is C/C(=C\COCc1ccccc1)C([C@@H](C)/C=C/I)N(C)C(=O)CCCCCCO.C/C(=C\COCc1ccccc1)C1[C@@H](C)/C=C/C(O[Si](C)(C)C(C)(C)C)CCCCCC(=O)N1C.PP(P)P(P)P(P(P(P)P)P(P)P)P(P(P)P)P(P)P.PPP(P)P(P(P(P)P)P(P)P)P(P(P)P)P(P)P. The van der Waals surface area contributed by atoms with Crippen LogP contribution in [-0.4, -0.2) is 87.1 Å². The number of unbranched alkanes of at least 4 members (excludes halogenated alkanes) is 3. The minimum Gasteiger partial charge on any atom is -0.411 e. The lowest BCUT2D eigenvalue weighted by Gasteiger charge is -2.45. The fourth-order valence-electron chi connectivity index (χ4n) is 9.69. The molecule has 29 atom stereocenters. The Balaban J connectivity index is 0.00000139. The zero-order valence-corrected chi connectivity index (χ0v) is 105. The minimum absolute atomic E-state index is 0.00650. The Morgan fingerprint density at radius 2 is 1.10 bits per heavy atom. The first-order chi connectivity index (χ1) is 48.1. The van der Waals surface area contributed by atoms with Gasteiger partial charge in [0.2, 0.25) is 11.8 Å². The Hall–Kier alpha value is 13.9. The number of halogens is 1. The molecule has 0 aliphatic carbocycles. The lowest BCUT2D eigenvalue weighted by molar-refractivity contribution is -0.132. The Morgan fingerprint density at radius 1 is 0.660 bits per heavy atom. The molecule has 0 saturated heterocycles. The molecular weight excluding hydrogens is 2140 g/mol. The highest BCUT2D eigenvalue weighted by Crippen LogP contribution is 3.31. The monoisotopic (exact) mass is 2260 g/mol. The van der Waals surface area contributed by atoms with Gasteiger partial charge in [0, 0.05) is 33.5 Å². The highest BCUT2D eigenvalue weighted by Gasteiger charge is 2.43. The van der Waals surface area contributed by atoms with E-state index in [2.05, 4.69) is 326 Å². The van der Waals surface area contributed by atoms with Crippen molar-refractivity contribution in [1.29, 1.82) is 0 Å². The number of aliphatic hydroxyl groups is 1. The fourth-order valence-corrected chi connectivity index (χ4v) is 457. The van der Waals surface area contributed by atoms with Gasteiger partial charge in [-0.05, 0) is 203 Å². The normalized spacial score (nSPS) is 18.2. The molecule has 0 fully saturated rings.